The zero-order chi connectivity index (χ0) is 7.78. The molecule has 0 N–H and O–H groups in total. The number of halogens is 3. The van der Waals surface area contributed by atoms with E-state index in [2.05, 4.69) is 4.99 Å². The lowest BCUT2D eigenvalue weighted by Gasteiger charge is -2.19. The van der Waals surface area contributed by atoms with E-state index in [0.717, 1.165) is 17.8 Å². The molecule has 1 unspecified atom stereocenters. The van der Waals surface area contributed by atoms with Gasteiger partial charge < -0.3 is 0 Å². The van der Waals surface area contributed by atoms with Crippen LogP contribution in [0, 0.1) is 6.67 Å². The van der Waals surface area contributed by atoms with Crippen LogP contribution in [-0.2, 0) is 0 Å². The third-order valence-electron chi connectivity index (χ3n) is 1.25. The molecule has 0 aromatic rings. The van der Waals surface area contributed by atoms with E-state index >= 15 is 0 Å². The molecular formula is C5H6F3N2. The lowest BCUT2D eigenvalue weighted by atomic mass is 10.3. The first-order valence-corrected chi connectivity index (χ1v) is 2.67. The molecule has 1 atom stereocenters. The molecule has 0 aromatic carbocycles. The van der Waals surface area contributed by atoms with Gasteiger partial charge in [-0.1, -0.05) is 0 Å². The standard InChI is InChI=1S/C5H6F3N2/c1-10-3-9-2-4(10)5(6,7)8/h2-4H,1H3. The topological polar surface area (TPSA) is 15.6 Å². The number of nitrogens with zero attached hydrogens (tertiary/aromatic N) is 2. The molecule has 0 aliphatic carbocycles. The second kappa shape index (κ2) is 2.23. The Morgan fingerprint density at radius 1 is 1.50 bits per heavy atom. The molecule has 0 fully saturated rings. The molecule has 57 valence electrons. The van der Waals surface area contributed by atoms with Gasteiger partial charge in [-0.2, -0.15) is 13.2 Å². The van der Waals surface area contributed by atoms with Crippen molar-refractivity contribution in [3.63, 3.8) is 0 Å². The van der Waals surface area contributed by atoms with Crippen molar-refractivity contribution >= 4 is 6.21 Å². The van der Waals surface area contributed by atoms with E-state index in [1.807, 2.05) is 0 Å². The van der Waals surface area contributed by atoms with Crippen LogP contribution in [0.2, 0.25) is 0 Å². The minimum Gasteiger partial charge on any atom is -0.273 e. The summed E-state index contributed by atoms with van der Waals surface area (Å²) in [5.74, 6) is 0. The Morgan fingerprint density at radius 2 is 2.10 bits per heavy atom. The molecule has 0 spiro atoms. The van der Waals surface area contributed by atoms with Crippen LogP contribution >= 0.6 is 0 Å². The van der Waals surface area contributed by atoms with Crippen molar-refractivity contribution in [3.05, 3.63) is 6.67 Å². The van der Waals surface area contributed by atoms with Gasteiger partial charge in [0.25, 0.3) is 0 Å². The van der Waals surface area contributed by atoms with Crippen molar-refractivity contribution in [1.82, 2.24) is 4.90 Å². The Kier molecular flexibility index (Phi) is 1.68. The van der Waals surface area contributed by atoms with Crippen LogP contribution in [0.15, 0.2) is 4.99 Å². The number of hydrogen-bond acceptors (Lipinski definition) is 2. The fourth-order valence-corrected chi connectivity index (χ4v) is 0.718. The summed E-state index contributed by atoms with van der Waals surface area (Å²) in [7, 11) is 1.34. The molecular weight excluding hydrogens is 145 g/mol. The number of alkyl halides is 3. The van der Waals surface area contributed by atoms with Gasteiger partial charge in [-0.05, 0) is 7.05 Å². The minimum absolute atomic E-state index is 0.875. The maximum absolute atomic E-state index is 11.9. The molecule has 0 saturated carbocycles. The van der Waals surface area contributed by atoms with Gasteiger partial charge in [-0.3, -0.25) is 9.89 Å². The van der Waals surface area contributed by atoms with Crippen LogP contribution < -0.4 is 0 Å². The summed E-state index contributed by atoms with van der Waals surface area (Å²) < 4.78 is 35.6. The average molecular weight is 151 g/mol. The highest BCUT2D eigenvalue weighted by molar-refractivity contribution is 5.68. The Balaban J connectivity index is 2.64. The van der Waals surface area contributed by atoms with Crippen LogP contribution in [0.3, 0.4) is 0 Å². The van der Waals surface area contributed by atoms with Gasteiger partial charge >= 0.3 is 6.18 Å². The predicted molar refractivity (Wildman–Crippen MR) is 30.4 cm³/mol. The first-order chi connectivity index (χ1) is 4.52. The highest BCUT2D eigenvalue weighted by Crippen LogP contribution is 2.25. The summed E-state index contributed by atoms with van der Waals surface area (Å²) >= 11 is 0. The Bertz CT molecular complexity index is 151. The van der Waals surface area contributed by atoms with Gasteiger partial charge in [0.05, 0.1) is 0 Å². The monoisotopic (exact) mass is 151 g/mol. The molecule has 2 nitrogen and oxygen atoms in total. The van der Waals surface area contributed by atoms with Crippen molar-refractivity contribution in [2.45, 2.75) is 12.2 Å². The average Bonchev–Trinajstić information content (AvgIpc) is 2.11. The van der Waals surface area contributed by atoms with Crippen molar-refractivity contribution in [2.24, 2.45) is 4.99 Å². The lowest BCUT2D eigenvalue weighted by molar-refractivity contribution is -0.154. The van der Waals surface area contributed by atoms with Gasteiger partial charge in [0.15, 0.2) is 0 Å². The van der Waals surface area contributed by atoms with Crippen LogP contribution in [0.1, 0.15) is 0 Å². The largest absolute Gasteiger partial charge is 0.409 e. The third-order valence-corrected chi connectivity index (χ3v) is 1.25. The third kappa shape index (κ3) is 1.29. The van der Waals surface area contributed by atoms with E-state index in [9.17, 15) is 13.2 Å². The van der Waals surface area contributed by atoms with Crippen LogP contribution in [0.25, 0.3) is 0 Å². The predicted octanol–water partition coefficient (Wildman–Crippen LogP) is 1.05. The summed E-state index contributed by atoms with van der Waals surface area (Å²) in [6.07, 6.45) is -3.33. The SMILES string of the molecule is CN1[CH]N=CC1C(F)(F)F. The summed E-state index contributed by atoms with van der Waals surface area (Å²) in [6.45, 7) is 1.15. The molecule has 5 heteroatoms. The highest BCUT2D eigenvalue weighted by Gasteiger charge is 2.43. The Morgan fingerprint density at radius 3 is 2.30 bits per heavy atom. The van der Waals surface area contributed by atoms with Crippen molar-refractivity contribution in [1.29, 1.82) is 0 Å². The van der Waals surface area contributed by atoms with Crippen molar-refractivity contribution in [2.75, 3.05) is 7.05 Å². The van der Waals surface area contributed by atoms with E-state index in [-0.39, 0.29) is 0 Å². The zero-order valence-electron chi connectivity index (χ0n) is 5.26. The second-order valence-electron chi connectivity index (χ2n) is 2.07. The molecule has 1 radical (unpaired) electrons. The first kappa shape index (κ1) is 7.53. The van der Waals surface area contributed by atoms with Crippen LogP contribution in [0.5, 0.6) is 0 Å². The van der Waals surface area contributed by atoms with Gasteiger partial charge in [0, 0.05) is 6.21 Å². The molecule has 0 saturated heterocycles. The zero-order valence-corrected chi connectivity index (χ0v) is 5.26. The summed E-state index contributed by atoms with van der Waals surface area (Å²) in [5.41, 5.74) is 0. The summed E-state index contributed by atoms with van der Waals surface area (Å²) in [5, 5.41) is 0. The maximum atomic E-state index is 11.9. The van der Waals surface area contributed by atoms with E-state index in [1.54, 1.807) is 0 Å². The second-order valence-corrected chi connectivity index (χ2v) is 2.07. The van der Waals surface area contributed by atoms with Gasteiger partial charge in [-0.25, -0.2) is 0 Å². The minimum atomic E-state index is -4.20. The molecule has 1 rings (SSSR count). The summed E-state index contributed by atoms with van der Waals surface area (Å²) in [4.78, 5) is 4.38. The van der Waals surface area contributed by atoms with Crippen molar-refractivity contribution < 1.29 is 13.2 Å². The highest BCUT2D eigenvalue weighted by atomic mass is 19.4. The fraction of sp³-hybridized carbons (Fsp3) is 0.600. The molecule has 0 aromatic heterocycles. The number of aliphatic imine (C=N–C) groups is 1. The van der Waals surface area contributed by atoms with E-state index in [4.69, 9.17) is 0 Å². The quantitative estimate of drug-likeness (QED) is 0.505. The molecule has 0 bridgehead atoms. The van der Waals surface area contributed by atoms with Crippen LogP contribution in [0.4, 0.5) is 13.2 Å². The fourth-order valence-electron chi connectivity index (χ4n) is 0.718. The molecule has 1 heterocycles. The molecule has 10 heavy (non-hydrogen) atoms. The lowest BCUT2D eigenvalue weighted by Crippen LogP contribution is -2.39. The maximum Gasteiger partial charge on any atom is 0.409 e. The van der Waals surface area contributed by atoms with E-state index < -0.39 is 12.2 Å². The molecule has 1 aliphatic heterocycles. The van der Waals surface area contributed by atoms with Gasteiger partial charge in [-0.15, -0.1) is 0 Å². The molecule has 0 amide bonds. The smallest absolute Gasteiger partial charge is 0.273 e. The van der Waals surface area contributed by atoms with Gasteiger partial charge in [0.2, 0.25) is 0 Å². The van der Waals surface area contributed by atoms with Crippen molar-refractivity contribution in [3.8, 4) is 0 Å². The van der Waals surface area contributed by atoms with E-state index in [0.29, 0.717) is 0 Å². The number of rotatable bonds is 0. The first-order valence-electron chi connectivity index (χ1n) is 2.67. The summed E-state index contributed by atoms with van der Waals surface area (Å²) in [6, 6.07) is -1.53. The van der Waals surface area contributed by atoms with Gasteiger partial charge in [0.1, 0.15) is 12.7 Å². The Labute approximate surface area is 56.3 Å². The van der Waals surface area contributed by atoms with Crippen LogP contribution in [-0.4, -0.2) is 30.4 Å². The molecule has 1 aliphatic rings. The normalized spacial score (nSPS) is 27.8. The number of hydrogen-bond donors (Lipinski definition) is 0. The van der Waals surface area contributed by atoms with E-state index in [1.165, 1.54) is 7.05 Å². The Hall–Kier alpha value is -0.580.